The van der Waals surface area contributed by atoms with Crippen LogP contribution in [0.4, 0.5) is 0 Å². The highest BCUT2D eigenvalue weighted by Gasteiger charge is 2.30. The van der Waals surface area contributed by atoms with Crippen LogP contribution in [0.3, 0.4) is 0 Å². The van der Waals surface area contributed by atoms with Gasteiger partial charge < -0.3 is 9.47 Å². The van der Waals surface area contributed by atoms with E-state index in [1.165, 1.54) is 12.8 Å². The van der Waals surface area contributed by atoms with Gasteiger partial charge in [0, 0.05) is 12.0 Å². The van der Waals surface area contributed by atoms with Crippen molar-refractivity contribution in [2.75, 3.05) is 20.6 Å². The Bertz CT molecular complexity index is 402. The van der Waals surface area contributed by atoms with Gasteiger partial charge in [0.05, 0.1) is 0 Å². The summed E-state index contributed by atoms with van der Waals surface area (Å²) in [6.45, 7) is 3.30. The van der Waals surface area contributed by atoms with Crippen molar-refractivity contribution in [3.05, 3.63) is 10.6 Å². The maximum Gasteiger partial charge on any atom is 0.195 e. The van der Waals surface area contributed by atoms with Crippen molar-refractivity contribution < 1.29 is 0 Å². The fourth-order valence-corrected chi connectivity index (χ4v) is 2.27. The van der Waals surface area contributed by atoms with Gasteiger partial charge in [-0.3, -0.25) is 5.10 Å². The minimum Gasteiger partial charge on any atom is -0.309 e. The summed E-state index contributed by atoms with van der Waals surface area (Å²) in [6.07, 6.45) is 3.64. The molecule has 0 amide bonds. The molecule has 4 nitrogen and oxygen atoms in total. The molecular formula is C11H20N4S. The number of hydrogen-bond acceptors (Lipinski definition) is 3. The van der Waals surface area contributed by atoms with Gasteiger partial charge in [0.2, 0.25) is 0 Å². The van der Waals surface area contributed by atoms with E-state index in [2.05, 4.69) is 40.7 Å². The molecule has 1 heterocycles. The largest absolute Gasteiger partial charge is 0.309 e. The molecule has 0 aromatic carbocycles. The van der Waals surface area contributed by atoms with Crippen molar-refractivity contribution in [1.29, 1.82) is 0 Å². The molecule has 90 valence electrons. The lowest BCUT2D eigenvalue weighted by molar-refractivity contribution is 0.353. The molecule has 1 fully saturated rings. The van der Waals surface area contributed by atoms with Crippen LogP contribution in [0.25, 0.3) is 0 Å². The quantitative estimate of drug-likeness (QED) is 0.803. The van der Waals surface area contributed by atoms with E-state index in [0.717, 1.165) is 23.6 Å². The van der Waals surface area contributed by atoms with E-state index in [1.54, 1.807) is 0 Å². The van der Waals surface area contributed by atoms with Gasteiger partial charge in [-0.2, -0.15) is 5.10 Å². The SMILES string of the molecule is CC(CCN(C)C)n1c(C2CC2)n[nH]c1=S. The van der Waals surface area contributed by atoms with Gasteiger partial charge in [0.1, 0.15) is 5.82 Å². The summed E-state index contributed by atoms with van der Waals surface area (Å²) in [5.41, 5.74) is 0. The molecule has 1 atom stereocenters. The van der Waals surface area contributed by atoms with Crippen molar-refractivity contribution >= 4 is 12.2 Å². The van der Waals surface area contributed by atoms with Crippen LogP contribution in [0.1, 0.15) is 44.0 Å². The smallest absolute Gasteiger partial charge is 0.195 e. The Morgan fingerprint density at radius 3 is 2.81 bits per heavy atom. The van der Waals surface area contributed by atoms with E-state index in [-0.39, 0.29) is 0 Å². The monoisotopic (exact) mass is 240 g/mol. The lowest BCUT2D eigenvalue weighted by Gasteiger charge is -2.17. The second-order valence-corrected chi connectivity index (χ2v) is 5.36. The maximum atomic E-state index is 5.31. The van der Waals surface area contributed by atoms with Crippen LogP contribution in [-0.4, -0.2) is 40.3 Å². The standard InChI is InChI=1S/C11H20N4S/c1-8(6-7-14(2)3)15-10(9-4-5-9)12-13-11(15)16/h8-9H,4-7H2,1-3H3,(H,13,16). The Labute approximate surface area is 102 Å². The Morgan fingerprint density at radius 2 is 2.25 bits per heavy atom. The molecule has 0 radical (unpaired) electrons. The van der Waals surface area contributed by atoms with Crippen LogP contribution in [-0.2, 0) is 0 Å². The summed E-state index contributed by atoms with van der Waals surface area (Å²) in [5.74, 6) is 1.81. The first-order chi connectivity index (χ1) is 7.59. The Kier molecular flexibility index (Phi) is 3.44. The highest BCUT2D eigenvalue weighted by Crippen LogP contribution is 2.39. The van der Waals surface area contributed by atoms with E-state index in [9.17, 15) is 0 Å². The molecule has 0 saturated heterocycles. The van der Waals surface area contributed by atoms with Gasteiger partial charge in [-0.1, -0.05) is 0 Å². The van der Waals surface area contributed by atoms with E-state index >= 15 is 0 Å². The Morgan fingerprint density at radius 1 is 1.56 bits per heavy atom. The van der Waals surface area contributed by atoms with Crippen LogP contribution in [0.2, 0.25) is 0 Å². The summed E-state index contributed by atoms with van der Waals surface area (Å²) in [6, 6.07) is 0.434. The normalized spacial score (nSPS) is 18.0. The van der Waals surface area contributed by atoms with Crippen LogP contribution in [0, 0.1) is 4.77 Å². The van der Waals surface area contributed by atoms with Gasteiger partial charge in [-0.25, -0.2) is 0 Å². The molecule has 1 aromatic rings. The number of aromatic nitrogens is 3. The van der Waals surface area contributed by atoms with Crippen molar-refractivity contribution in [3.8, 4) is 0 Å². The number of aromatic amines is 1. The van der Waals surface area contributed by atoms with Gasteiger partial charge in [0.25, 0.3) is 0 Å². The van der Waals surface area contributed by atoms with Crippen LogP contribution >= 0.6 is 12.2 Å². The van der Waals surface area contributed by atoms with E-state index in [0.29, 0.717) is 12.0 Å². The molecule has 16 heavy (non-hydrogen) atoms. The molecule has 1 aliphatic rings. The van der Waals surface area contributed by atoms with Crippen molar-refractivity contribution in [3.63, 3.8) is 0 Å². The summed E-state index contributed by atoms with van der Waals surface area (Å²) in [4.78, 5) is 2.21. The number of H-pyrrole nitrogens is 1. The number of nitrogens with one attached hydrogen (secondary N) is 1. The Hall–Kier alpha value is -0.680. The topological polar surface area (TPSA) is 36.9 Å². The second kappa shape index (κ2) is 4.67. The zero-order valence-corrected chi connectivity index (χ0v) is 11.0. The molecule has 1 aliphatic carbocycles. The van der Waals surface area contributed by atoms with Crippen LogP contribution < -0.4 is 0 Å². The third-order valence-corrected chi connectivity index (χ3v) is 3.40. The molecule has 2 rings (SSSR count). The molecule has 0 aliphatic heterocycles. The van der Waals surface area contributed by atoms with Crippen molar-refractivity contribution in [2.24, 2.45) is 0 Å². The van der Waals surface area contributed by atoms with Gasteiger partial charge in [-0.15, -0.1) is 0 Å². The fraction of sp³-hybridized carbons (Fsp3) is 0.818. The van der Waals surface area contributed by atoms with E-state index in [1.807, 2.05) is 0 Å². The highest BCUT2D eigenvalue weighted by molar-refractivity contribution is 7.71. The first-order valence-corrected chi connectivity index (χ1v) is 6.32. The van der Waals surface area contributed by atoms with Crippen molar-refractivity contribution in [1.82, 2.24) is 19.7 Å². The minimum atomic E-state index is 0.434. The Balaban J connectivity index is 2.11. The molecule has 0 spiro atoms. The molecule has 1 saturated carbocycles. The lowest BCUT2D eigenvalue weighted by atomic mass is 10.2. The predicted octanol–water partition coefficient (Wildman–Crippen LogP) is 2.33. The first-order valence-electron chi connectivity index (χ1n) is 5.91. The zero-order chi connectivity index (χ0) is 11.7. The summed E-state index contributed by atoms with van der Waals surface area (Å²) in [7, 11) is 4.20. The number of nitrogens with zero attached hydrogens (tertiary/aromatic N) is 3. The van der Waals surface area contributed by atoms with Crippen LogP contribution in [0.15, 0.2) is 0 Å². The minimum absolute atomic E-state index is 0.434. The summed E-state index contributed by atoms with van der Waals surface area (Å²) in [5, 5.41) is 7.29. The van der Waals surface area contributed by atoms with E-state index in [4.69, 9.17) is 12.2 Å². The fourth-order valence-electron chi connectivity index (χ4n) is 1.95. The average molecular weight is 240 g/mol. The molecule has 0 bridgehead atoms. The van der Waals surface area contributed by atoms with Crippen molar-refractivity contribution in [2.45, 2.75) is 38.1 Å². The molecule has 1 N–H and O–H groups in total. The predicted molar refractivity (Wildman–Crippen MR) is 67.3 cm³/mol. The molecule has 5 heteroatoms. The molecule has 1 aromatic heterocycles. The third kappa shape index (κ3) is 2.52. The number of hydrogen-bond donors (Lipinski definition) is 1. The molecular weight excluding hydrogens is 220 g/mol. The zero-order valence-electron chi connectivity index (χ0n) is 10.2. The second-order valence-electron chi connectivity index (χ2n) is 4.97. The average Bonchev–Trinajstić information content (AvgIpc) is 2.99. The number of rotatable bonds is 5. The van der Waals surface area contributed by atoms with Gasteiger partial charge in [-0.05, 0) is 59.0 Å². The van der Waals surface area contributed by atoms with E-state index < -0.39 is 0 Å². The lowest BCUT2D eigenvalue weighted by Crippen LogP contribution is -2.18. The van der Waals surface area contributed by atoms with Gasteiger partial charge in [0.15, 0.2) is 4.77 Å². The third-order valence-electron chi connectivity index (χ3n) is 3.11. The summed E-state index contributed by atoms with van der Waals surface area (Å²) >= 11 is 5.31. The summed E-state index contributed by atoms with van der Waals surface area (Å²) < 4.78 is 2.98. The van der Waals surface area contributed by atoms with Crippen LogP contribution in [0.5, 0.6) is 0 Å². The first kappa shape index (κ1) is 11.8. The van der Waals surface area contributed by atoms with Gasteiger partial charge >= 0.3 is 0 Å². The molecule has 1 unspecified atom stereocenters. The highest BCUT2D eigenvalue weighted by atomic mass is 32.1. The maximum absolute atomic E-state index is 5.31.